The second-order valence-electron chi connectivity index (χ2n) is 8.20. The van der Waals surface area contributed by atoms with Crippen LogP contribution in [0.25, 0.3) is 0 Å². The van der Waals surface area contributed by atoms with E-state index in [-0.39, 0.29) is 22.9 Å². The molecule has 0 amide bonds. The van der Waals surface area contributed by atoms with Gasteiger partial charge >= 0.3 is 5.97 Å². The first kappa shape index (κ1) is 15.0. The van der Waals surface area contributed by atoms with Gasteiger partial charge in [0.05, 0.1) is 12.5 Å². The lowest BCUT2D eigenvalue weighted by atomic mass is 9.46. The lowest BCUT2D eigenvalue weighted by molar-refractivity contribution is -0.148. The number of hydrogen-bond donors (Lipinski definition) is 0. The highest BCUT2D eigenvalue weighted by Crippen LogP contribution is 2.64. The molecule has 4 rings (SSSR count). The molecule has 3 nitrogen and oxygen atoms in total. The summed E-state index contributed by atoms with van der Waals surface area (Å²) in [4.78, 5) is 12.3. The molecule has 1 saturated carbocycles. The highest BCUT2D eigenvalue weighted by Gasteiger charge is 2.64. The summed E-state index contributed by atoms with van der Waals surface area (Å²) in [6, 6.07) is 2.07. The topological polar surface area (TPSA) is 39.4 Å². The fourth-order valence-corrected chi connectivity index (χ4v) is 5.63. The monoisotopic (exact) mass is 314 g/mol. The van der Waals surface area contributed by atoms with E-state index >= 15 is 0 Å². The van der Waals surface area contributed by atoms with Gasteiger partial charge in [0.25, 0.3) is 0 Å². The van der Waals surface area contributed by atoms with E-state index in [1.165, 1.54) is 12.0 Å². The summed E-state index contributed by atoms with van der Waals surface area (Å²) >= 11 is 0. The second-order valence-corrected chi connectivity index (χ2v) is 8.20. The van der Waals surface area contributed by atoms with Crippen LogP contribution in [0.3, 0.4) is 0 Å². The first-order valence-electron chi connectivity index (χ1n) is 8.89. The average Bonchev–Trinajstić information content (AvgIpc) is 3.11. The molecule has 0 N–H and O–H groups in total. The van der Waals surface area contributed by atoms with E-state index in [0.29, 0.717) is 11.8 Å². The summed E-state index contributed by atoms with van der Waals surface area (Å²) in [5.41, 5.74) is 2.37. The third-order valence-electron chi connectivity index (χ3n) is 7.27. The molecule has 23 heavy (non-hydrogen) atoms. The molecule has 5 atom stereocenters. The molecule has 0 bridgehead atoms. The summed E-state index contributed by atoms with van der Waals surface area (Å²) in [7, 11) is 0. The summed E-state index contributed by atoms with van der Waals surface area (Å²) < 4.78 is 11.0. The van der Waals surface area contributed by atoms with Gasteiger partial charge in [-0.15, -0.1) is 0 Å². The Balaban J connectivity index is 1.68. The van der Waals surface area contributed by atoms with Gasteiger partial charge in [0, 0.05) is 11.0 Å². The Morgan fingerprint density at radius 2 is 2.17 bits per heavy atom. The summed E-state index contributed by atoms with van der Waals surface area (Å²) in [6.45, 7) is 7.06. The van der Waals surface area contributed by atoms with E-state index in [2.05, 4.69) is 32.9 Å². The minimum absolute atomic E-state index is 0.0616. The predicted octanol–water partition coefficient (Wildman–Crippen LogP) is 4.53. The van der Waals surface area contributed by atoms with Crippen LogP contribution in [0.5, 0.6) is 0 Å². The van der Waals surface area contributed by atoms with E-state index in [0.717, 1.165) is 31.3 Å². The van der Waals surface area contributed by atoms with Crippen molar-refractivity contribution in [1.29, 1.82) is 0 Å². The van der Waals surface area contributed by atoms with Gasteiger partial charge < -0.3 is 9.15 Å². The number of furan rings is 1. The van der Waals surface area contributed by atoms with Crippen molar-refractivity contribution in [3.8, 4) is 0 Å². The van der Waals surface area contributed by atoms with Crippen LogP contribution >= 0.6 is 0 Å². The largest absolute Gasteiger partial charge is 0.472 e. The highest BCUT2D eigenvalue weighted by molar-refractivity contribution is 5.93. The van der Waals surface area contributed by atoms with Gasteiger partial charge in [0.2, 0.25) is 0 Å². The van der Waals surface area contributed by atoms with E-state index in [4.69, 9.17) is 9.15 Å². The van der Waals surface area contributed by atoms with Crippen molar-refractivity contribution in [3.63, 3.8) is 0 Å². The highest BCUT2D eigenvalue weighted by atomic mass is 16.6. The number of aryl methyl sites for hydroxylation is 1. The lowest BCUT2D eigenvalue weighted by Crippen LogP contribution is -2.54. The molecule has 1 aliphatic heterocycles. The molecule has 0 aromatic carbocycles. The maximum absolute atomic E-state index is 12.3. The van der Waals surface area contributed by atoms with E-state index in [1.54, 1.807) is 6.26 Å². The first-order chi connectivity index (χ1) is 11.0. The normalized spacial score (nSPS) is 42.1. The molecular formula is C20H26O3. The molecule has 0 radical (unpaired) electrons. The maximum atomic E-state index is 12.3. The molecule has 2 fully saturated rings. The molecule has 124 valence electrons. The molecular weight excluding hydrogens is 288 g/mol. The standard InChI is InChI=1S/C20H26O3/c1-13-11-17-20(3)15(18(21)23-17)5-4-6-16(20)19(13,2)9-7-14-8-10-22-12-14/h5,8,10,12-13,16-17H,4,6-7,9,11H2,1-3H3. The SMILES string of the molecule is CC1CC2OC(=O)C3=CCCC(C1(C)CCc1ccoc1)C32C. The second kappa shape index (κ2) is 4.99. The minimum atomic E-state index is -0.0903. The van der Waals surface area contributed by atoms with Crippen molar-refractivity contribution < 1.29 is 13.9 Å². The van der Waals surface area contributed by atoms with Crippen molar-refractivity contribution in [2.75, 3.05) is 0 Å². The van der Waals surface area contributed by atoms with Gasteiger partial charge in [-0.05, 0) is 61.0 Å². The number of ether oxygens (including phenoxy) is 1. The quantitative estimate of drug-likeness (QED) is 0.770. The Hall–Kier alpha value is -1.51. The molecule has 0 spiro atoms. The maximum Gasteiger partial charge on any atom is 0.334 e. The zero-order valence-electron chi connectivity index (χ0n) is 14.3. The molecule has 3 aliphatic rings. The summed E-state index contributed by atoms with van der Waals surface area (Å²) in [6.07, 6.45) is 11.2. The molecule has 3 heteroatoms. The molecule has 1 aromatic rings. The van der Waals surface area contributed by atoms with Gasteiger partial charge in [0.1, 0.15) is 6.10 Å². The van der Waals surface area contributed by atoms with Gasteiger partial charge in [0.15, 0.2) is 0 Å². The van der Waals surface area contributed by atoms with E-state index in [1.807, 2.05) is 6.26 Å². The molecule has 5 unspecified atom stereocenters. The van der Waals surface area contributed by atoms with Crippen LogP contribution in [0.4, 0.5) is 0 Å². The van der Waals surface area contributed by atoms with Crippen molar-refractivity contribution in [3.05, 3.63) is 35.8 Å². The fourth-order valence-electron chi connectivity index (χ4n) is 5.63. The number of allylic oxidation sites excluding steroid dienone is 1. The van der Waals surface area contributed by atoms with Gasteiger partial charge in [-0.2, -0.15) is 0 Å². The van der Waals surface area contributed by atoms with Gasteiger partial charge in [-0.1, -0.05) is 26.8 Å². The zero-order chi connectivity index (χ0) is 16.2. The third kappa shape index (κ3) is 1.98. The molecule has 2 aliphatic carbocycles. The fraction of sp³-hybridized carbons (Fsp3) is 0.650. The number of hydrogen-bond acceptors (Lipinski definition) is 3. The van der Waals surface area contributed by atoms with Crippen LogP contribution in [0.15, 0.2) is 34.7 Å². The van der Waals surface area contributed by atoms with Crippen molar-refractivity contribution >= 4 is 5.97 Å². The van der Waals surface area contributed by atoms with Crippen molar-refractivity contribution in [1.82, 2.24) is 0 Å². The lowest BCUT2D eigenvalue weighted by Gasteiger charge is -2.57. The van der Waals surface area contributed by atoms with Crippen LogP contribution in [-0.2, 0) is 16.0 Å². The average molecular weight is 314 g/mol. The summed E-state index contributed by atoms with van der Waals surface area (Å²) in [5, 5.41) is 0. The van der Waals surface area contributed by atoms with Crippen LogP contribution in [0, 0.1) is 22.7 Å². The van der Waals surface area contributed by atoms with Gasteiger partial charge in [-0.3, -0.25) is 0 Å². The van der Waals surface area contributed by atoms with Crippen molar-refractivity contribution in [2.45, 2.75) is 59.0 Å². The number of rotatable bonds is 3. The number of carbonyl (C=O) groups excluding carboxylic acids is 1. The third-order valence-corrected chi connectivity index (χ3v) is 7.27. The van der Waals surface area contributed by atoms with E-state index < -0.39 is 0 Å². The number of carbonyl (C=O) groups is 1. The van der Waals surface area contributed by atoms with Crippen LogP contribution < -0.4 is 0 Å². The Morgan fingerprint density at radius 1 is 1.35 bits per heavy atom. The zero-order valence-corrected chi connectivity index (χ0v) is 14.3. The Bertz CT molecular complexity index is 644. The van der Waals surface area contributed by atoms with E-state index in [9.17, 15) is 4.79 Å². The minimum Gasteiger partial charge on any atom is -0.472 e. The van der Waals surface area contributed by atoms with Gasteiger partial charge in [-0.25, -0.2) is 4.79 Å². The number of esters is 1. The van der Waals surface area contributed by atoms with Crippen molar-refractivity contribution in [2.24, 2.45) is 22.7 Å². The first-order valence-corrected chi connectivity index (χ1v) is 8.89. The van der Waals surface area contributed by atoms with Crippen LogP contribution in [0.1, 0.15) is 52.0 Å². The van der Waals surface area contributed by atoms with Crippen LogP contribution in [0.2, 0.25) is 0 Å². The Morgan fingerprint density at radius 3 is 2.91 bits per heavy atom. The molecule has 1 saturated heterocycles. The van der Waals surface area contributed by atoms with Crippen LogP contribution in [-0.4, -0.2) is 12.1 Å². The molecule has 1 aromatic heterocycles. The molecule has 2 heterocycles. The smallest absolute Gasteiger partial charge is 0.334 e. The summed E-state index contributed by atoms with van der Waals surface area (Å²) in [5.74, 6) is 1.01. The predicted molar refractivity (Wildman–Crippen MR) is 87.7 cm³/mol. The Labute approximate surface area is 138 Å². The Kier molecular flexibility index (Phi) is 3.26.